The number of carbonyl (C=O) groups excluding carboxylic acids is 1. The summed E-state index contributed by atoms with van der Waals surface area (Å²) in [6, 6.07) is 4.55. The van der Waals surface area contributed by atoms with Crippen molar-refractivity contribution in [3.8, 4) is 0 Å². The third-order valence-corrected chi connectivity index (χ3v) is 4.78. The average Bonchev–Trinajstić information content (AvgIpc) is 3.02. The van der Waals surface area contributed by atoms with Crippen LogP contribution in [0.1, 0.15) is 31.2 Å². The van der Waals surface area contributed by atoms with Crippen LogP contribution >= 0.6 is 11.3 Å². The van der Waals surface area contributed by atoms with Crippen LogP contribution in [0.4, 0.5) is 4.79 Å². The average molecular weight is 311 g/mol. The summed E-state index contributed by atoms with van der Waals surface area (Å²) in [6.45, 7) is 8.06. The Morgan fingerprint density at radius 3 is 2.86 bits per heavy atom. The van der Waals surface area contributed by atoms with Gasteiger partial charge in [-0.3, -0.25) is 4.90 Å². The smallest absolute Gasteiger partial charge is 0.315 e. The van der Waals surface area contributed by atoms with E-state index in [0.717, 1.165) is 32.7 Å². The van der Waals surface area contributed by atoms with Crippen LogP contribution in [-0.4, -0.2) is 49.8 Å². The van der Waals surface area contributed by atoms with E-state index in [2.05, 4.69) is 40.0 Å². The summed E-state index contributed by atoms with van der Waals surface area (Å²) in [5.74, 6) is 0. The molecule has 2 heterocycles. The molecule has 1 aliphatic heterocycles. The fourth-order valence-corrected chi connectivity index (χ4v) is 3.21. The zero-order chi connectivity index (χ0) is 15.1. The lowest BCUT2D eigenvalue weighted by Gasteiger charge is -2.34. The number of rotatable bonds is 6. The summed E-state index contributed by atoms with van der Waals surface area (Å²) in [5, 5.41) is 8.04. The van der Waals surface area contributed by atoms with E-state index in [9.17, 15) is 4.79 Å². The van der Waals surface area contributed by atoms with Crippen LogP contribution in [0.3, 0.4) is 0 Å². The van der Waals surface area contributed by atoms with E-state index in [1.54, 1.807) is 11.3 Å². The van der Waals surface area contributed by atoms with Crippen LogP contribution in [0, 0.1) is 0 Å². The first-order valence-corrected chi connectivity index (χ1v) is 8.48. The summed E-state index contributed by atoms with van der Waals surface area (Å²) < 4.78 is 5.42. The molecule has 118 valence electrons. The number of carbonyl (C=O) groups is 1. The van der Waals surface area contributed by atoms with Gasteiger partial charge in [-0.15, -0.1) is 11.3 Å². The lowest BCUT2D eigenvalue weighted by atomic mass is 10.2. The maximum atomic E-state index is 11.9. The second kappa shape index (κ2) is 8.36. The molecule has 2 rings (SSSR count). The molecule has 0 radical (unpaired) electrons. The molecule has 0 bridgehead atoms. The highest BCUT2D eigenvalue weighted by Crippen LogP contribution is 2.25. The Kier molecular flexibility index (Phi) is 6.48. The fraction of sp³-hybridized carbons (Fsp3) is 0.667. The summed E-state index contributed by atoms with van der Waals surface area (Å²) in [6.07, 6.45) is 0.936. The molecule has 1 saturated heterocycles. The maximum Gasteiger partial charge on any atom is 0.315 e. The third kappa shape index (κ3) is 4.98. The van der Waals surface area contributed by atoms with Crippen LogP contribution in [0.2, 0.25) is 0 Å². The van der Waals surface area contributed by atoms with Crippen molar-refractivity contribution in [1.29, 1.82) is 0 Å². The molecule has 21 heavy (non-hydrogen) atoms. The highest BCUT2D eigenvalue weighted by atomic mass is 32.1. The SMILES string of the molecule is CCC(C)NC(=O)NCC(c1cccs1)N1CCOCC1. The number of nitrogens with zero attached hydrogens (tertiary/aromatic N) is 1. The predicted molar refractivity (Wildman–Crippen MR) is 85.7 cm³/mol. The number of morpholine rings is 1. The van der Waals surface area contributed by atoms with Crippen molar-refractivity contribution in [2.24, 2.45) is 0 Å². The molecule has 1 aromatic heterocycles. The molecule has 1 aromatic rings. The second-order valence-electron chi connectivity index (χ2n) is 5.34. The minimum atomic E-state index is -0.0841. The Hall–Kier alpha value is -1.11. The van der Waals surface area contributed by atoms with Crippen LogP contribution in [-0.2, 0) is 4.74 Å². The first kappa shape index (κ1) is 16.3. The molecule has 0 saturated carbocycles. The van der Waals surface area contributed by atoms with Gasteiger partial charge in [0.2, 0.25) is 0 Å². The third-order valence-electron chi connectivity index (χ3n) is 3.80. The summed E-state index contributed by atoms with van der Waals surface area (Å²) >= 11 is 1.74. The van der Waals surface area contributed by atoms with Crippen LogP contribution < -0.4 is 10.6 Å². The molecule has 1 aliphatic rings. The van der Waals surface area contributed by atoms with Crippen molar-refractivity contribution in [3.05, 3.63) is 22.4 Å². The number of hydrogen-bond acceptors (Lipinski definition) is 4. The van der Waals surface area contributed by atoms with Crippen molar-refractivity contribution in [1.82, 2.24) is 15.5 Å². The van der Waals surface area contributed by atoms with E-state index in [1.165, 1.54) is 4.88 Å². The van der Waals surface area contributed by atoms with Gasteiger partial charge in [0, 0.05) is 30.6 Å². The molecule has 2 atom stereocenters. The normalized spacial score (nSPS) is 19.0. The summed E-state index contributed by atoms with van der Waals surface area (Å²) in [4.78, 5) is 15.6. The first-order chi connectivity index (χ1) is 10.2. The van der Waals surface area contributed by atoms with E-state index < -0.39 is 0 Å². The van der Waals surface area contributed by atoms with E-state index in [4.69, 9.17) is 4.74 Å². The minimum Gasteiger partial charge on any atom is -0.379 e. The monoisotopic (exact) mass is 311 g/mol. The number of hydrogen-bond donors (Lipinski definition) is 2. The van der Waals surface area contributed by atoms with Crippen molar-refractivity contribution >= 4 is 17.4 Å². The number of amides is 2. The first-order valence-electron chi connectivity index (χ1n) is 7.60. The molecule has 1 fully saturated rings. The highest BCUT2D eigenvalue weighted by molar-refractivity contribution is 7.10. The van der Waals surface area contributed by atoms with E-state index in [1.807, 2.05) is 6.92 Å². The maximum absolute atomic E-state index is 11.9. The Morgan fingerprint density at radius 1 is 1.48 bits per heavy atom. The van der Waals surface area contributed by atoms with Crippen molar-refractivity contribution in [2.45, 2.75) is 32.4 Å². The zero-order valence-electron chi connectivity index (χ0n) is 12.8. The Balaban J connectivity index is 1.91. The van der Waals surface area contributed by atoms with Crippen molar-refractivity contribution in [3.63, 3.8) is 0 Å². The molecular formula is C15H25N3O2S. The molecule has 0 spiro atoms. The number of ether oxygens (including phenoxy) is 1. The van der Waals surface area contributed by atoms with Crippen LogP contribution in [0.5, 0.6) is 0 Å². The topological polar surface area (TPSA) is 53.6 Å². The second-order valence-corrected chi connectivity index (χ2v) is 6.32. The van der Waals surface area contributed by atoms with Crippen LogP contribution in [0.15, 0.2) is 17.5 Å². The largest absolute Gasteiger partial charge is 0.379 e. The van der Waals surface area contributed by atoms with Gasteiger partial charge in [0.1, 0.15) is 0 Å². The fourth-order valence-electron chi connectivity index (χ4n) is 2.35. The van der Waals surface area contributed by atoms with Crippen LogP contribution in [0.25, 0.3) is 0 Å². The van der Waals surface area contributed by atoms with Crippen molar-refractivity contribution < 1.29 is 9.53 Å². The van der Waals surface area contributed by atoms with Crippen molar-refractivity contribution in [2.75, 3.05) is 32.8 Å². The summed E-state index contributed by atoms with van der Waals surface area (Å²) in [7, 11) is 0. The van der Waals surface area contributed by atoms with Gasteiger partial charge in [-0.1, -0.05) is 13.0 Å². The standard InChI is InChI=1S/C15H25N3O2S/c1-3-12(2)17-15(19)16-11-13(14-5-4-10-21-14)18-6-8-20-9-7-18/h4-5,10,12-13H,3,6-9,11H2,1-2H3,(H2,16,17,19). The number of nitrogens with one attached hydrogen (secondary N) is 2. The molecule has 0 aliphatic carbocycles. The molecule has 0 aromatic carbocycles. The number of urea groups is 1. The Morgan fingerprint density at radius 2 is 2.24 bits per heavy atom. The predicted octanol–water partition coefficient (Wildman–Crippen LogP) is 2.22. The summed E-state index contributed by atoms with van der Waals surface area (Å²) in [5.41, 5.74) is 0. The van der Waals surface area contributed by atoms with Gasteiger partial charge in [0.25, 0.3) is 0 Å². The number of thiophene rings is 1. The Labute approximate surface area is 130 Å². The molecule has 2 unspecified atom stereocenters. The lowest BCUT2D eigenvalue weighted by Crippen LogP contribution is -2.46. The Bertz CT molecular complexity index is 419. The van der Waals surface area contributed by atoms with Gasteiger partial charge in [-0.05, 0) is 24.8 Å². The van der Waals surface area contributed by atoms with Gasteiger partial charge in [0.15, 0.2) is 0 Å². The molecule has 2 N–H and O–H groups in total. The van der Waals surface area contributed by atoms with Gasteiger partial charge >= 0.3 is 6.03 Å². The van der Waals surface area contributed by atoms with Gasteiger partial charge in [0.05, 0.1) is 19.3 Å². The molecule has 5 nitrogen and oxygen atoms in total. The van der Waals surface area contributed by atoms with E-state index in [0.29, 0.717) is 6.54 Å². The lowest BCUT2D eigenvalue weighted by molar-refractivity contribution is 0.0174. The molecule has 6 heteroatoms. The van der Waals surface area contributed by atoms with E-state index >= 15 is 0 Å². The van der Waals surface area contributed by atoms with Gasteiger partial charge in [-0.2, -0.15) is 0 Å². The van der Waals surface area contributed by atoms with E-state index in [-0.39, 0.29) is 18.1 Å². The quantitative estimate of drug-likeness (QED) is 0.847. The zero-order valence-corrected chi connectivity index (χ0v) is 13.6. The van der Waals surface area contributed by atoms with Gasteiger partial charge in [-0.25, -0.2) is 4.79 Å². The van der Waals surface area contributed by atoms with Gasteiger partial charge < -0.3 is 15.4 Å². The minimum absolute atomic E-state index is 0.0841. The molecule has 2 amide bonds. The molecular weight excluding hydrogens is 286 g/mol. The highest BCUT2D eigenvalue weighted by Gasteiger charge is 2.23.